The fraction of sp³-hybridized carbons (Fsp3) is 0.737. The Kier molecular flexibility index (Phi) is 4.71. The number of furan rings is 1. The number of hydrogen-bond acceptors (Lipinski definition) is 3. The van der Waals surface area contributed by atoms with Gasteiger partial charge in [-0.2, -0.15) is 26.3 Å². The molecule has 0 atom stereocenters. The Labute approximate surface area is 163 Å². The summed E-state index contributed by atoms with van der Waals surface area (Å²) in [5.41, 5.74) is -5.14. The number of carbonyl (C=O) groups is 1. The molecule has 1 aromatic rings. The molecule has 4 aliphatic carbocycles. The zero-order valence-electron chi connectivity index (χ0n) is 15.5. The number of amides is 1. The second kappa shape index (κ2) is 6.65. The van der Waals surface area contributed by atoms with Gasteiger partial charge in [0.15, 0.2) is 5.76 Å². The van der Waals surface area contributed by atoms with E-state index in [2.05, 4.69) is 4.42 Å². The highest BCUT2D eigenvalue weighted by Crippen LogP contribution is 2.60. The molecule has 1 heterocycles. The summed E-state index contributed by atoms with van der Waals surface area (Å²) >= 11 is 0. The first-order chi connectivity index (χ1) is 13.4. The van der Waals surface area contributed by atoms with Crippen LogP contribution in [0.3, 0.4) is 0 Å². The number of alkyl halides is 6. The van der Waals surface area contributed by atoms with Gasteiger partial charge in [-0.3, -0.25) is 10.1 Å². The van der Waals surface area contributed by atoms with Crippen molar-refractivity contribution in [2.45, 2.75) is 56.5 Å². The minimum atomic E-state index is -5.80. The molecule has 0 unspecified atom stereocenters. The second-order valence-corrected chi connectivity index (χ2v) is 8.95. The van der Waals surface area contributed by atoms with Crippen molar-refractivity contribution in [1.82, 2.24) is 10.6 Å². The highest BCUT2D eigenvalue weighted by molar-refractivity contribution is 5.92. The van der Waals surface area contributed by atoms with E-state index in [9.17, 15) is 31.1 Å². The predicted octanol–water partition coefficient (Wildman–Crippen LogP) is 4.64. The van der Waals surface area contributed by atoms with E-state index in [1.165, 1.54) is 6.07 Å². The summed E-state index contributed by atoms with van der Waals surface area (Å²) in [6, 6.07) is 2.21. The topological polar surface area (TPSA) is 54.3 Å². The summed E-state index contributed by atoms with van der Waals surface area (Å²) in [7, 11) is 0. The van der Waals surface area contributed by atoms with E-state index in [-0.39, 0.29) is 0 Å². The number of carbonyl (C=O) groups excluding carboxylic acids is 1. The molecule has 4 fully saturated rings. The fourth-order valence-electron chi connectivity index (χ4n) is 6.01. The molecule has 0 spiro atoms. The van der Waals surface area contributed by atoms with Gasteiger partial charge in [0.2, 0.25) is 0 Å². The monoisotopic (exact) mass is 424 g/mol. The zero-order chi connectivity index (χ0) is 21.1. The molecule has 10 heteroatoms. The van der Waals surface area contributed by atoms with Crippen LogP contribution < -0.4 is 10.6 Å². The van der Waals surface area contributed by atoms with Gasteiger partial charge in [-0.05, 0) is 73.8 Å². The molecule has 1 aromatic heterocycles. The van der Waals surface area contributed by atoms with Crippen LogP contribution in [0, 0.1) is 23.2 Å². The highest BCUT2D eigenvalue weighted by atomic mass is 19.4. The van der Waals surface area contributed by atoms with Crippen molar-refractivity contribution in [3.8, 4) is 0 Å². The van der Waals surface area contributed by atoms with Crippen LogP contribution in [0.15, 0.2) is 22.8 Å². The first kappa shape index (κ1) is 20.6. The van der Waals surface area contributed by atoms with E-state index >= 15 is 0 Å². The molecule has 0 aliphatic heterocycles. The number of halogens is 6. The summed E-state index contributed by atoms with van der Waals surface area (Å²) < 4.78 is 87.5. The molecule has 0 saturated heterocycles. The van der Waals surface area contributed by atoms with Gasteiger partial charge in [0, 0.05) is 6.54 Å². The third-order valence-corrected chi connectivity index (χ3v) is 6.79. The first-order valence-electron chi connectivity index (χ1n) is 9.68. The van der Waals surface area contributed by atoms with Gasteiger partial charge >= 0.3 is 12.4 Å². The molecule has 4 saturated carbocycles. The lowest BCUT2D eigenvalue weighted by molar-refractivity contribution is -0.316. The molecule has 4 bridgehead atoms. The molecule has 5 rings (SSSR count). The summed E-state index contributed by atoms with van der Waals surface area (Å²) in [6.45, 7) is -0.450. The van der Waals surface area contributed by atoms with Crippen LogP contribution in [0.5, 0.6) is 0 Å². The second-order valence-electron chi connectivity index (χ2n) is 8.95. The molecule has 1 amide bonds. The van der Waals surface area contributed by atoms with Crippen LogP contribution in [0.1, 0.15) is 49.1 Å². The van der Waals surface area contributed by atoms with Crippen LogP contribution >= 0.6 is 0 Å². The minimum Gasteiger partial charge on any atom is -0.459 e. The van der Waals surface area contributed by atoms with Crippen molar-refractivity contribution in [3.63, 3.8) is 0 Å². The maximum absolute atomic E-state index is 13.8. The van der Waals surface area contributed by atoms with Crippen molar-refractivity contribution in [3.05, 3.63) is 24.2 Å². The summed E-state index contributed by atoms with van der Waals surface area (Å²) in [5, 5.41) is 2.89. The van der Waals surface area contributed by atoms with Crippen molar-refractivity contribution in [1.29, 1.82) is 0 Å². The van der Waals surface area contributed by atoms with Crippen LogP contribution in [-0.4, -0.2) is 30.5 Å². The number of rotatable bonds is 5. The van der Waals surface area contributed by atoms with Gasteiger partial charge < -0.3 is 9.73 Å². The molecular formula is C19H22F6N2O2. The van der Waals surface area contributed by atoms with E-state index in [4.69, 9.17) is 0 Å². The molecule has 29 heavy (non-hydrogen) atoms. The van der Waals surface area contributed by atoms with Crippen molar-refractivity contribution >= 4 is 5.91 Å². The zero-order valence-corrected chi connectivity index (χ0v) is 15.5. The van der Waals surface area contributed by atoms with Crippen molar-refractivity contribution < 1.29 is 35.6 Å². The van der Waals surface area contributed by atoms with E-state index in [1.54, 1.807) is 5.32 Å². The Morgan fingerprint density at radius 3 is 1.93 bits per heavy atom. The fourth-order valence-corrected chi connectivity index (χ4v) is 6.01. The van der Waals surface area contributed by atoms with E-state index in [0.29, 0.717) is 37.0 Å². The maximum Gasteiger partial charge on any atom is 0.434 e. The van der Waals surface area contributed by atoms with Gasteiger partial charge in [-0.25, -0.2) is 0 Å². The van der Waals surface area contributed by atoms with Crippen LogP contribution in [0.2, 0.25) is 0 Å². The van der Waals surface area contributed by atoms with Crippen LogP contribution in [0.25, 0.3) is 0 Å². The third-order valence-electron chi connectivity index (χ3n) is 6.79. The highest BCUT2D eigenvalue weighted by Gasteiger charge is 2.72. The van der Waals surface area contributed by atoms with E-state index in [0.717, 1.165) is 36.9 Å². The molecule has 0 aromatic carbocycles. The van der Waals surface area contributed by atoms with Gasteiger partial charge in [-0.15, -0.1) is 0 Å². The average molecular weight is 424 g/mol. The van der Waals surface area contributed by atoms with Gasteiger partial charge in [-0.1, -0.05) is 0 Å². The van der Waals surface area contributed by atoms with E-state index < -0.39 is 41.6 Å². The predicted molar refractivity (Wildman–Crippen MR) is 89.6 cm³/mol. The average Bonchev–Trinajstić information content (AvgIpc) is 3.09. The van der Waals surface area contributed by atoms with Crippen LogP contribution in [-0.2, 0) is 0 Å². The molecular weight excluding hydrogens is 402 g/mol. The Hall–Kier alpha value is -1.71. The molecule has 4 nitrogen and oxygen atoms in total. The molecule has 0 radical (unpaired) electrons. The van der Waals surface area contributed by atoms with Crippen molar-refractivity contribution in [2.24, 2.45) is 23.2 Å². The largest absolute Gasteiger partial charge is 0.459 e. The van der Waals surface area contributed by atoms with Gasteiger partial charge in [0.05, 0.1) is 6.26 Å². The SMILES string of the molecule is O=C(NC(NCC12CC3CC(CC(C3)C1)C2)(C(F)(F)F)C(F)(F)F)c1ccco1. The molecule has 2 N–H and O–H groups in total. The Bertz CT molecular complexity index is 706. The molecule has 162 valence electrons. The lowest BCUT2D eigenvalue weighted by Crippen LogP contribution is -2.76. The summed E-state index contributed by atoms with van der Waals surface area (Å²) in [5.74, 6) is -1.10. The van der Waals surface area contributed by atoms with Gasteiger partial charge in [0.25, 0.3) is 11.6 Å². The normalized spacial score (nSPS) is 31.9. The molecule has 4 aliphatic rings. The van der Waals surface area contributed by atoms with Crippen LogP contribution in [0.4, 0.5) is 26.3 Å². The lowest BCUT2D eigenvalue weighted by atomic mass is 9.49. The maximum atomic E-state index is 13.8. The lowest BCUT2D eigenvalue weighted by Gasteiger charge is -2.57. The number of nitrogens with one attached hydrogen (secondary N) is 2. The number of hydrogen-bond donors (Lipinski definition) is 2. The standard InChI is InChI=1S/C19H22F6N2O2/c20-18(21,22)17(19(23,24)25,27-15(28)14-2-1-3-29-14)26-10-16-7-11-4-12(8-16)6-13(5-11)9-16/h1-3,11-13,26H,4-10H2,(H,27,28). The minimum absolute atomic E-state index is 0.368. The third kappa shape index (κ3) is 3.53. The first-order valence-corrected chi connectivity index (χ1v) is 9.68. The van der Waals surface area contributed by atoms with E-state index in [1.807, 2.05) is 0 Å². The smallest absolute Gasteiger partial charge is 0.434 e. The van der Waals surface area contributed by atoms with Crippen molar-refractivity contribution in [2.75, 3.05) is 6.54 Å². The van der Waals surface area contributed by atoms with Gasteiger partial charge in [0.1, 0.15) is 0 Å². The Morgan fingerprint density at radius 2 is 1.52 bits per heavy atom. The Balaban J connectivity index is 1.61. The summed E-state index contributed by atoms with van der Waals surface area (Å²) in [4.78, 5) is 12.1. The Morgan fingerprint density at radius 1 is 1.00 bits per heavy atom. The summed E-state index contributed by atoms with van der Waals surface area (Å²) in [6.07, 6.45) is -5.67. The quantitative estimate of drug-likeness (QED) is 0.535.